The van der Waals surface area contributed by atoms with Crippen molar-refractivity contribution in [2.45, 2.75) is 11.3 Å². The van der Waals surface area contributed by atoms with E-state index in [-0.39, 0.29) is 18.2 Å². The van der Waals surface area contributed by atoms with E-state index in [2.05, 4.69) is 21.1 Å². The van der Waals surface area contributed by atoms with E-state index in [1.165, 1.54) is 12.1 Å². The number of anilines is 1. The Kier molecular flexibility index (Phi) is 5.39. The second-order valence-corrected chi connectivity index (χ2v) is 8.29. The minimum absolute atomic E-state index is 0.00134. The highest BCUT2D eigenvalue weighted by Crippen LogP contribution is 2.36. The molecule has 2 aromatic carbocycles. The molecule has 0 saturated carbocycles. The van der Waals surface area contributed by atoms with E-state index < -0.39 is 15.8 Å². The summed E-state index contributed by atoms with van der Waals surface area (Å²) in [6.45, 7) is 0.709. The minimum Gasteiger partial charge on any atom is -0.454 e. The molecule has 1 aromatic heterocycles. The smallest absolute Gasteiger partial charge is 0.240 e. The van der Waals surface area contributed by atoms with Crippen molar-refractivity contribution in [1.29, 1.82) is 5.26 Å². The second kappa shape index (κ2) is 8.14. The molecule has 4 rings (SSSR count). The van der Waals surface area contributed by atoms with Crippen molar-refractivity contribution in [3.63, 3.8) is 0 Å². The normalized spacial score (nSPS) is 12.7. The molecule has 0 spiro atoms. The Morgan fingerprint density at radius 1 is 1.10 bits per heavy atom. The van der Waals surface area contributed by atoms with Crippen LogP contribution in [0.2, 0.25) is 0 Å². The maximum absolute atomic E-state index is 12.9. The number of hydrogen-bond acceptors (Lipinski definition) is 7. The molecule has 2 N–H and O–H groups in total. The molecule has 10 heteroatoms. The largest absolute Gasteiger partial charge is 0.454 e. The van der Waals surface area contributed by atoms with Crippen LogP contribution in [0.1, 0.15) is 12.0 Å². The van der Waals surface area contributed by atoms with Crippen molar-refractivity contribution < 1.29 is 22.3 Å². The van der Waals surface area contributed by atoms with Gasteiger partial charge in [-0.2, -0.15) is 5.26 Å². The van der Waals surface area contributed by atoms with Crippen LogP contribution in [-0.4, -0.2) is 33.3 Å². The lowest BCUT2D eigenvalue weighted by atomic mass is 10.1. The van der Waals surface area contributed by atoms with Crippen LogP contribution in [0.4, 0.5) is 10.2 Å². The zero-order valence-corrected chi connectivity index (χ0v) is 16.5. The molecule has 0 saturated heterocycles. The van der Waals surface area contributed by atoms with Crippen molar-refractivity contribution in [2.24, 2.45) is 0 Å². The van der Waals surface area contributed by atoms with E-state index in [4.69, 9.17) is 9.47 Å². The molecule has 0 radical (unpaired) electrons. The predicted molar refractivity (Wildman–Crippen MR) is 107 cm³/mol. The minimum atomic E-state index is -3.71. The lowest BCUT2D eigenvalue weighted by molar-refractivity contribution is 0.174. The van der Waals surface area contributed by atoms with Crippen molar-refractivity contribution in [1.82, 2.24) is 9.71 Å². The number of nitriles is 1. The van der Waals surface area contributed by atoms with E-state index >= 15 is 0 Å². The number of nitrogens with one attached hydrogen (secondary N) is 2. The van der Waals surface area contributed by atoms with E-state index in [9.17, 15) is 18.1 Å². The summed E-state index contributed by atoms with van der Waals surface area (Å²) in [5.41, 5.74) is 1.02. The Morgan fingerprint density at radius 3 is 2.57 bits per heavy atom. The summed E-state index contributed by atoms with van der Waals surface area (Å²) in [6, 6.07) is 12.0. The third-order valence-electron chi connectivity index (χ3n) is 4.49. The van der Waals surface area contributed by atoms with Gasteiger partial charge < -0.3 is 14.8 Å². The average Bonchev–Trinajstić information content (AvgIpc) is 3.18. The first-order valence-electron chi connectivity index (χ1n) is 9.10. The predicted octanol–water partition coefficient (Wildman–Crippen LogP) is 2.75. The standard InChI is InChI=1S/C20H17FN4O4S/c21-15-2-4-16(5-3-15)30(26,27)24-7-1-6-23-20-14(11-22)8-13-9-18-19(29-12-28-18)10-17(13)25-20/h2-5,8-10,24H,1,6-7,12H2,(H,23,25). The lowest BCUT2D eigenvalue weighted by Crippen LogP contribution is -2.26. The Labute approximate surface area is 172 Å². The number of pyridine rings is 1. The SMILES string of the molecule is N#Cc1cc2cc3c(cc2nc1NCCCNS(=O)(=O)c1ccc(F)cc1)OCO3. The summed E-state index contributed by atoms with van der Waals surface area (Å²) in [5.74, 6) is 1.12. The van der Waals surface area contributed by atoms with Gasteiger partial charge in [-0.3, -0.25) is 0 Å². The first-order valence-corrected chi connectivity index (χ1v) is 10.6. The molecule has 30 heavy (non-hydrogen) atoms. The fourth-order valence-corrected chi connectivity index (χ4v) is 4.06. The Hall–Kier alpha value is -3.42. The van der Waals surface area contributed by atoms with Gasteiger partial charge in [0.25, 0.3) is 0 Å². The first kappa shape index (κ1) is 19.9. The monoisotopic (exact) mass is 428 g/mol. The molecular weight excluding hydrogens is 411 g/mol. The molecule has 0 unspecified atom stereocenters. The summed E-state index contributed by atoms with van der Waals surface area (Å²) in [7, 11) is -3.71. The molecule has 1 aliphatic heterocycles. The van der Waals surface area contributed by atoms with Gasteiger partial charge in [-0.25, -0.2) is 22.5 Å². The topological polar surface area (TPSA) is 113 Å². The highest BCUT2D eigenvalue weighted by molar-refractivity contribution is 7.89. The van der Waals surface area contributed by atoms with Crippen molar-refractivity contribution in [3.8, 4) is 17.6 Å². The third-order valence-corrected chi connectivity index (χ3v) is 5.97. The van der Waals surface area contributed by atoms with Crippen molar-refractivity contribution >= 4 is 26.7 Å². The summed E-state index contributed by atoms with van der Waals surface area (Å²) in [4.78, 5) is 4.48. The van der Waals surface area contributed by atoms with Crippen molar-refractivity contribution in [3.05, 3.63) is 53.8 Å². The van der Waals surface area contributed by atoms with Gasteiger partial charge in [-0.1, -0.05) is 0 Å². The van der Waals surface area contributed by atoms with Crippen LogP contribution >= 0.6 is 0 Å². The number of fused-ring (bicyclic) bond motifs is 2. The maximum atomic E-state index is 12.9. The number of sulfonamides is 1. The third kappa shape index (κ3) is 4.12. The molecule has 0 atom stereocenters. The van der Waals surface area contributed by atoms with Gasteiger partial charge >= 0.3 is 0 Å². The molecule has 8 nitrogen and oxygen atoms in total. The Bertz CT molecular complexity index is 1240. The summed E-state index contributed by atoms with van der Waals surface area (Å²) < 4.78 is 50.5. The Balaban J connectivity index is 1.38. The van der Waals surface area contributed by atoms with Gasteiger partial charge in [-0.15, -0.1) is 0 Å². The van der Waals surface area contributed by atoms with Gasteiger partial charge in [0, 0.05) is 24.5 Å². The summed E-state index contributed by atoms with van der Waals surface area (Å²) in [5, 5.41) is 13.2. The number of halogens is 1. The van der Waals surface area contributed by atoms with Gasteiger partial charge in [0.1, 0.15) is 17.7 Å². The fourth-order valence-electron chi connectivity index (χ4n) is 2.98. The number of aromatic nitrogens is 1. The zero-order chi connectivity index (χ0) is 21.1. The zero-order valence-electron chi connectivity index (χ0n) is 15.7. The number of ether oxygens (including phenoxy) is 2. The molecular formula is C20H17FN4O4S. The number of nitrogens with zero attached hydrogens (tertiary/aromatic N) is 2. The van der Waals surface area contributed by atoms with Crippen LogP contribution < -0.4 is 19.5 Å². The van der Waals surface area contributed by atoms with Gasteiger partial charge in [0.05, 0.1) is 16.0 Å². The van der Waals surface area contributed by atoms with Crippen LogP contribution in [0.5, 0.6) is 11.5 Å². The Morgan fingerprint density at radius 2 is 1.83 bits per heavy atom. The average molecular weight is 428 g/mol. The highest BCUT2D eigenvalue weighted by Gasteiger charge is 2.17. The lowest BCUT2D eigenvalue weighted by Gasteiger charge is -2.10. The summed E-state index contributed by atoms with van der Waals surface area (Å²) >= 11 is 0. The fraction of sp³-hybridized carbons (Fsp3) is 0.200. The quantitative estimate of drug-likeness (QED) is 0.556. The maximum Gasteiger partial charge on any atom is 0.240 e. The molecule has 2 heterocycles. The molecule has 0 bridgehead atoms. The van der Waals surface area contributed by atoms with Crippen LogP contribution in [-0.2, 0) is 10.0 Å². The van der Waals surface area contributed by atoms with Crippen LogP contribution in [0.3, 0.4) is 0 Å². The van der Waals surface area contributed by atoms with Crippen LogP contribution in [0.15, 0.2) is 47.4 Å². The molecule has 0 amide bonds. The van der Waals surface area contributed by atoms with Gasteiger partial charge in [0.15, 0.2) is 11.5 Å². The van der Waals surface area contributed by atoms with E-state index in [1.54, 1.807) is 18.2 Å². The number of benzene rings is 2. The molecule has 0 aliphatic carbocycles. The molecule has 154 valence electrons. The number of rotatable bonds is 7. The molecule has 0 fully saturated rings. The van der Waals surface area contributed by atoms with E-state index in [0.717, 1.165) is 17.5 Å². The van der Waals surface area contributed by atoms with Gasteiger partial charge in [0.2, 0.25) is 16.8 Å². The molecule has 1 aliphatic rings. The summed E-state index contributed by atoms with van der Waals surface area (Å²) in [6.07, 6.45) is 0.451. The highest BCUT2D eigenvalue weighted by atomic mass is 32.2. The van der Waals surface area contributed by atoms with Crippen LogP contribution in [0, 0.1) is 17.1 Å². The van der Waals surface area contributed by atoms with Crippen LogP contribution in [0.25, 0.3) is 10.9 Å². The van der Waals surface area contributed by atoms with E-state index in [1.807, 2.05) is 0 Å². The second-order valence-electron chi connectivity index (χ2n) is 6.53. The van der Waals surface area contributed by atoms with Crippen molar-refractivity contribution in [2.75, 3.05) is 25.2 Å². The molecule has 3 aromatic rings. The van der Waals surface area contributed by atoms with Gasteiger partial charge in [-0.05, 0) is 42.8 Å². The van der Waals surface area contributed by atoms with E-state index in [0.29, 0.717) is 41.4 Å². The first-order chi connectivity index (χ1) is 14.5. The number of hydrogen-bond donors (Lipinski definition) is 2.